The van der Waals surface area contributed by atoms with Crippen molar-refractivity contribution < 1.29 is 22.5 Å². The first kappa shape index (κ1) is 20.2. The van der Waals surface area contributed by atoms with Crippen LogP contribution in [0.2, 0.25) is 19.6 Å². The van der Waals surface area contributed by atoms with E-state index in [1.165, 1.54) is 18.2 Å². The Balaban J connectivity index is 2.54. The molecule has 26 heavy (non-hydrogen) atoms. The Morgan fingerprint density at radius 1 is 1.15 bits per heavy atom. The van der Waals surface area contributed by atoms with Crippen LogP contribution in [0.4, 0.5) is 10.5 Å². The van der Waals surface area contributed by atoms with E-state index in [-0.39, 0.29) is 10.7 Å². The molecule has 1 aromatic heterocycles. The van der Waals surface area contributed by atoms with Crippen LogP contribution >= 0.6 is 0 Å². The van der Waals surface area contributed by atoms with E-state index in [2.05, 4.69) is 5.16 Å². The Labute approximate surface area is 155 Å². The number of carbonyl (C=O) groups excluding carboxylic acids is 1. The SMILES string of the molecule is CC(C)(C)OC(=O)N(c1ccccc1)S(=O)(=O)c1cc([Si](C)(C)C)on1. The number of sulfonamides is 1. The van der Waals surface area contributed by atoms with Gasteiger partial charge in [0.05, 0.1) is 5.69 Å². The molecule has 0 aliphatic carbocycles. The van der Waals surface area contributed by atoms with Crippen LogP contribution in [0.3, 0.4) is 0 Å². The highest BCUT2D eigenvalue weighted by molar-refractivity contribution is 7.93. The Bertz CT molecular complexity index is 880. The molecular formula is C17H24N2O5SSi. The van der Waals surface area contributed by atoms with Gasteiger partial charge in [0.15, 0.2) is 0 Å². The third-order valence-electron chi connectivity index (χ3n) is 3.28. The van der Waals surface area contributed by atoms with Crippen molar-refractivity contribution >= 4 is 35.3 Å². The van der Waals surface area contributed by atoms with Crippen molar-refractivity contribution in [2.45, 2.75) is 51.0 Å². The normalized spacial score (nSPS) is 12.7. The molecule has 1 amide bonds. The smallest absolute Gasteiger partial charge is 0.429 e. The van der Waals surface area contributed by atoms with Gasteiger partial charge in [-0.3, -0.25) is 0 Å². The molecular weight excluding hydrogens is 372 g/mol. The number of ether oxygens (including phenoxy) is 1. The molecule has 0 radical (unpaired) electrons. The molecule has 0 saturated heterocycles. The molecule has 0 spiro atoms. The minimum Gasteiger partial charge on any atom is -0.443 e. The molecule has 2 rings (SSSR count). The van der Waals surface area contributed by atoms with Gasteiger partial charge < -0.3 is 9.26 Å². The van der Waals surface area contributed by atoms with Gasteiger partial charge in [-0.25, -0.2) is 4.79 Å². The molecule has 1 heterocycles. The summed E-state index contributed by atoms with van der Waals surface area (Å²) in [5.74, 6) is 0. The number of aromatic nitrogens is 1. The lowest BCUT2D eigenvalue weighted by atomic mass is 10.2. The first-order valence-corrected chi connectivity index (χ1v) is 13.1. The lowest BCUT2D eigenvalue weighted by Gasteiger charge is -2.26. The van der Waals surface area contributed by atoms with Gasteiger partial charge in [-0.05, 0) is 32.9 Å². The molecule has 0 aliphatic heterocycles. The van der Waals surface area contributed by atoms with Gasteiger partial charge in [-0.15, -0.1) is 0 Å². The predicted octanol–water partition coefficient (Wildman–Crippen LogP) is 3.35. The first-order valence-electron chi connectivity index (χ1n) is 8.13. The fraction of sp³-hybridized carbons (Fsp3) is 0.412. The van der Waals surface area contributed by atoms with E-state index in [4.69, 9.17) is 9.26 Å². The summed E-state index contributed by atoms with van der Waals surface area (Å²) < 4.78 is 37.4. The predicted molar refractivity (Wildman–Crippen MR) is 102 cm³/mol. The number of carbonyl (C=O) groups is 1. The molecule has 9 heteroatoms. The number of anilines is 1. The van der Waals surface area contributed by atoms with Crippen molar-refractivity contribution in [2.75, 3.05) is 4.31 Å². The highest BCUT2D eigenvalue weighted by atomic mass is 32.2. The highest BCUT2D eigenvalue weighted by Gasteiger charge is 2.37. The molecule has 0 N–H and O–H groups in total. The van der Waals surface area contributed by atoms with Crippen LogP contribution in [0, 0.1) is 0 Å². The second kappa shape index (κ2) is 6.88. The third kappa shape index (κ3) is 4.53. The van der Waals surface area contributed by atoms with Gasteiger partial charge in [-0.2, -0.15) is 12.7 Å². The van der Waals surface area contributed by atoms with Crippen LogP contribution < -0.4 is 9.69 Å². The first-order chi connectivity index (χ1) is 11.8. The van der Waals surface area contributed by atoms with Crippen molar-refractivity contribution in [3.63, 3.8) is 0 Å². The summed E-state index contributed by atoms with van der Waals surface area (Å²) >= 11 is 0. The maximum Gasteiger partial charge on any atom is 0.429 e. The topological polar surface area (TPSA) is 89.7 Å². The maximum absolute atomic E-state index is 13.1. The van der Waals surface area contributed by atoms with Crippen LogP contribution in [0.1, 0.15) is 20.8 Å². The lowest BCUT2D eigenvalue weighted by molar-refractivity contribution is 0.0608. The van der Waals surface area contributed by atoms with Crippen LogP contribution in [-0.2, 0) is 14.8 Å². The van der Waals surface area contributed by atoms with Crippen molar-refractivity contribution in [1.29, 1.82) is 0 Å². The van der Waals surface area contributed by atoms with Crippen LogP contribution in [0.25, 0.3) is 0 Å². The lowest BCUT2D eigenvalue weighted by Crippen LogP contribution is -2.41. The average molecular weight is 397 g/mol. The van der Waals surface area contributed by atoms with Crippen molar-refractivity contribution in [3.8, 4) is 0 Å². The van der Waals surface area contributed by atoms with Gasteiger partial charge >= 0.3 is 6.09 Å². The number of hydrogen-bond acceptors (Lipinski definition) is 6. The van der Waals surface area contributed by atoms with Gasteiger partial charge in [-0.1, -0.05) is 43.0 Å². The van der Waals surface area contributed by atoms with Crippen molar-refractivity contribution in [1.82, 2.24) is 5.16 Å². The van der Waals surface area contributed by atoms with Gasteiger partial charge in [0, 0.05) is 6.07 Å². The van der Waals surface area contributed by atoms with E-state index in [0.29, 0.717) is 9.69 Å². The molecule has 1 aromatic carbocycles. The van der Waals surface area contributed by atoms with Gasteiger partial charge in [0.1, 0.15) is 19.1 Å². The molecule has 2 aromatic rings. The summed E-state index contributed by atoms with van der Waals surface area (Å²) in [6.45, 7) is 11.0. The van der Waals surface area contributed by atoms with Gasteiger partial charge in [0.2, 0.25) is 5.03 Å². The molecule has 0 unspecified atom stereocenters. The summed E-state index contributed by atoms with van der Waals surface area (Å²) in [4.78, 5) is 12.7. The third-order valence-corrected chi connectivity index (χ3v) is 6.56. The fourth-order valence-corrected chi connectivity index (χ4v) is 4.24. The van der Waals surface area contributed by atoms with E-state index in [0.717, 1.165) is 0 Å². The minimum absolute atomic E-state index is 0.166. The number of para-hydroxylation sites is 1. The molecule has 0 saturated carbocycles. The molecule has 0 bridgehead atoms. The summed E-state index contributed by atoms with van der Waals surface area (Å²) in [6, 6.07) is 9.42. The summed E-state index contributed by atoms with van der Waals surface area (Å²) in [5, 5.41) is 3.92. The number of hydrogen-bond donors (Lipinski definition) is 0. The quantitative estimate of drug-likeness (QED) is 0.736. The Kier molecular flexibility index (Phi) is 5.34. The van der Waals surface area contributed by atoms with E-state index >= 15 is 0 Å². The zero-order valence-corrected chi connectivity index (χ0v) is 17.6. The van der Waals surface area contributed by atoms with Crippen molar-refractivity contribution in [2.24, 2.45) is 0 Å². The second-order valence-electron chi connectivity index (χ2n) is 7.86. The number of benzene rings is 1. The highest BCUT2D eigenvalue weighted by Crippen LogP contribution is 2.25. The number of amides is 1. The van der Waals surface area contributed by atoms with Crippen LogP contribution in [0.15, 0.2) is 45.9 Å². The van der Waals surface area contributed by atoms with E-state index in [1.54, 1.807) is 39.0 Å². The zero-order chi connectivity index (χ0) is 19.8. The Morgan fingerprint density at radius 3 is 2.19 bits per heavy atom. The zero-order valence-electron chi connectivity index (χ0n) is 15.8. The molecule has 0 aliphatic rings. The Morgan fingerprint density at radius 2 is 1.73 bits per heavy atom. The fourth-order valence-electron chi connectivity index (χ4n) is 2.04. The second-order valence-corrected chi connectivity index (χ2v) is 14.6. The molecule has 0 fully saturated rings. The maximum atomic E-state index is 13.1. The van der Waals surface area contributed by atoms with E-state index < -0.39 is 29.8 Å². The largest absolute Gasteiger partial charge is 0.443 e. The minimum atomic E-state index is -4.29. The summed E-state index contributed by atoms with van der Waals surface area (Å²) in [5.41, 5.74) is -0.688. The number of nitrogens with zero attached hydrogens (tertiary/aromatic N) is 2. The van der Waals surface area contributed by atoms with Gasteiger partial charge in [0.25, 0.3) is 10.0 Å². The standard InChI is InChI=1S/C17H24N2O5SSi/c1-17(2,3)23-16(20)19(13-10-8-7-9-11-13)25(21,22)14-12-15(24-18-14)26(4,5)6/h7-12H,1-6H3. The number of rotatable bonds is 4. The molecule has 0 atom stereocenters. The van der Waals surface area contributed by atoms with Crippen LogP contribution in [-0.4, -0.2) is 33.3 Å². The molecule has 142 valence electrons. The monoisotopic (exact) mass is 396 g/mol. The van der Waals surface area contributed by atoms with Crippen molar-refractivity contribution in [3.05, 3.63) is 36.4 Å². The van der Waals surface area contributed by atoms with Crippen LogP contribution in [0.5, 0.6) is 0 Å². The van der Waals surface area contributed by atoms with E-state index in [9.17, 15) is 13.2 Å². The van der Waals surface area contributed by atoms with E-state index in [1.807, 2.05) is 19.6 Å². The average Bonchev–Trinajstić information content (AvgIpc) is 2.96. The summed E-state index contributed by atoms with van der Waals surface area (Å²) in [7, 11) is -6.19. The summed E-state index contributed by atoms with van der Waals surface area (Å²) in [6.07, 6.45) is -0.999. The molecule has 7 nitrogen and oxygen atoms in total. The Hall–Kier alpha value is -2.13.